The van der Waals surface area contributed by atoms with Gasteiger partial charge in [0.15, 0.2) is 0 Å². The molecule has 0 spiro atoms. The van der Waals surface area contributed by atoms with Crippen LogP contribution in [0.5, 0.6) is 0 Å². The lowest BCUT2D eigenvalue weighted by molar-refractivity contribution is -0.151. The van der Waals surface area contributed by atoms with Crippen molar-refractivity contribution in [3.05, 3.63) is 12.2 Å². The number of carbonyl (C=O) groups excluding carboxylic acids is 2. The monoisotopic (exact) mass is 296 g/mol. The summed E-state index contributed by atoms with van der Waals surface area (Å²) in [6.07, 6.45) is 9.78. The van der Waals surface area contributed by atoms with E-state index in [2.05, 4.69) is 13.5 Å². The number of unbranched alkanes of at least 4 members (excludes halogenated alkanes) is 5. The zero-order valence-electron chi connectivity index (χ0n) is 13.2. The maximum absolute atomic E-state index is 11.6. The van der Waals surface area contributed by atoms with E-state index in [0.29, 0.717) is 6.61 Å². The third-order valence-electron chi connectivity index (χ3n) is 3.73. The molecule has 0 aromatic rings. The average Bonchev–Trinajstić information content (AvgIpc) is 2.41. The molecule has 1 fully saturated rings. The summed E-state index contributed by atoms with van der Waals surface area (Å²) in [4.78, 5) is 23.2. The summed E-state index contributed by atoms with van der Waals surface area (Å²) in [7, 11) is 0. The number of carbonyl (C=O) groups is 2. The minimum atomic E-state index is -0.462. The SMILES string of the molecule is C=C(CC(=O)OCCCCCCCC)C(=O)OC1CCC1. The van der Waals surface area contributed by atoms with Crippen molar-refractivity contribution in [2.24, 2.45) is 0 Å². The van der Waals surface area contributed by atoms with Crippen LogP contribution in [-0.2, 0) is 19.1 Å². The van der Waals surface area contributed by atoms with Crippen molar-refractivity contribution in [2.75, 3.05) is 6.61 Å². The lowest BCUT2D eigenvalue weighted by atomic mass is 9.96. The van der Waals surface area contributed by atoms with Crippen molar-refractivity contribution in [3.63, 3.8) is 0 Å². The molecule has 0 aliphatic heterocycles. The van der Waals surface area contributed by atoms with Gasteiger partial charge in [0, 0.05) is 5.57 Å². The third-order valence-corrected chi connectivity index (χ3v) is 3.73. The maximum atomic E-state index is 11.6. The Morgan fingerprint density at radius 1 is 1.10 bits per heavy atom. The molecule has 0 amide bonds. The minimum Gasteiger partial charge on any atom is -0.465 e. The normalized spacial score (nSPS) is 14.3. The van der Waals surface area contributed by atoms with E-state index in [1.165, 1.54) is 25.7 Å². The van der Waals surface area contributed by atoms with Crippen LogP contribution in [0.15, 0.2) is 12.2 Å². The molecule has 21 heavy (non-hydrogen) atoms. The number of esters is 2. The highest BCUT2D eigenvalue weighted by molar-refractivity contribution is 5.93. The zero-order chi connectivity index (χ0) is 15.5. The topological polar surface area (TPSA) is 52.6 Å². The first-order valence-electron chi connectivity index (χ1n) is 8.18. The number of rotatable bonds is 11. The molecule has 1 aliphatic rings. The van der Waals surface area contributed by atoms with Crippen LogP contribution >= 0.6 is 0 Å². The van der Waals surface area contributed by atoms with Crippen LogP contribution in [0, 0.1) is 0 Å². The first-order valence-corrected chi connectivity index (χ1v) is 8.18. The summed E-state index contributed by atoms with van der Waals surface area (Å²) in [5, 5.41) is 0. The highest BCUT2D eigenvalue weighted by Gasteiger charge is 2.23. The van der Waals surface area contributed by atoms with E-state index in [4.69, 9.17) is 9.47 Å². The predicted octanol–water partition coefficient (Wildman–Crippen LogP) is 3.93. The summed E-state index contributed by atoms with van der Waals surface area (Å²) >= 11 is 0. The fourth-order valence-electron chi connectivity index (χ4n) is 2.09. The van der Waals surface area contributed by atoms with E-state index < -0.39 is 5.97 Å². The van der Waals surface area contributed by atoms with Gasteiger partial charge in [-0.2, -0.15) is 0 Å². The van der Waals surface area contributed by atoms with Crippen LogP contribution in [0.1, 0.15) is 71.1 Å². The minimum absolute atomic E-state index is 0.0217. The molecule has 1 rings (SSSR count). The highest BCUT2D eigenvalue weighted by atomic mass is 16.5. The zero-order valence-corrected chi connectivity index (χ0v) is 13.2. The molecule has 0 radical (unpaired) electrons. The van der Waals surface area contributed by atoms with Crippen LogP contribution in [-0.4, -0.2) is 24.6 Å². The molecule has 0 aromatic carbocycles. The van der Waals surface area contributed by atoms with Crippen LogP contribution < -0.4 is 0 Å². The molecule has 1 aliphatic carbocycles. The molecule has 0 unspecified atom stereocenters. The number of hydrogen-bond donors (Lipinski definition) is 0. The molecule has 0 saturated heterocycles. The molecule has 4 heteroatoms. The summed E-state index contributed by atoms with van der Waals surface area (Å²) in [6.45, 7) is 6.22. The van der Waals surface area contributed by atoms with Gasteiger partial charge < -0.3 is 9.47 Å². The van der Waals surface area contributed by atoms with Crippen molar-refractivity contribution in [3.8, 4) is 0 Å². The smallest absolute Gasteiger partial charge is 0.334 e. The molecule has 1 saturated carbocycles. The van der Waals surface area contributed by atoms with Crippen molar-refractivity contribution < 1.29 is 19.1 Å². The fourth-order valence-corrected chi connectivity index (χ4v) is 2.09. The lowest BCUT2D eigenvalue weighted by Crippen LogP contribution is -2.26. The van der Waals surface area contributed by atoms with Gasteiger partial charge in [-0.05, 0) is 25.7 Å². The summed E-state index contributed by atoms with van der Waals surface area (Å²) in [5.41, 5.74) is 0.190. The number of ether oxygens (including phenoxy) is 2. The Balaban J connectivity index is 2.01. The first kappa shape index (κ1) is 17.7. The Morgan fingerprint density at radius 2 is 1.76 bits per heavy atom. The van der Waals surface area contributed by atoms with E-state index in [-0.39, 0.29) is 24.1 Å². The van der Waals surface area contributed by atoms with E-state index in [1.54, 1.807) is 0 Å². The fraction of sp³-hybridized carbons (Fsp3) is 0.765. The van der Waals surface area contributed by atoms with Crippen LogP contribution in [0.3, 0.4) is 0 Å². The molecular formula is C17H28O4. The molecule has 0 aromatic heterocycles. The molecule has 0 N–H and O–H groups in total. The van der Waals surface area contributed by atoms with E-state index in [1.807, 2.05) is 0 Å². The molecule has 120 valence electrons. The number of hydrogen-bond acceptors (Lipinski definition) is 4. The molecule has 4 nitrogen and oxygen atoms in total. The van der Waals surface area contributed by atoms with Gasteiger partial charge in [0.2, 0.25) is 0 Å². The van der Waals surface area contributed by atoms with E-state index in [9.17, 15) is 9.59 Å². The second kappa shape index (κ2) is 10.4. The Bertz CT molecular complexity index is 345. The summed E-state index contributed by atoms with van der Waals surface area (Å²) < 4.78 is 10.3. The first-order chi connectivity index (χ1) is 10.1. The maximum Gasteiger partial charge on any atom is 0.334 e. The van der Waals surface area contributed by atoms with Crippen molar-refractivity contribution in [2.45, 2.75) is 77.2 Å². The average molecular weight is 296 g/mol. The van der Waals surface area contributed by atoms with Gasteiger partial charge in [-0.15, -0.1) is 0 Å². The van der Waals surface area contributed by atoms with Crippen molar-refractivity contribution >= 4 is 11.9 Å². The van der Waals surface area contributed by atoms with Gasteiger partial charge in [0.05, 0.1) is 13.0 Å². The van der Waals surface area contributed by atoms with Gasteiger partial charge in [0.1, 0.15) is 6.10 Å². The molecular weight excluding hydrogens is 268 g/mol. The van der Waals surface area contributed by atoms with E-state index >= 15 is 0 Å². The Labute approximate surface area is 127 Å². The highest BCUT2D eigenvalue weighted by Crippen LogP contribution is 2.23. The van der Waals surface area contributed by atoms with Crippen molar-refractivity contribution in [1.82, 2.24) is 0 Å². The second-order valence-electron chi connectivity index (χ2n) is 5.73. The Morgan fingerprint density at radius 3 is 2.38 bits per heavy atom. The van der Waals surface area contributed by atoms with Gasteiger partial charge >= 0.3 is 11.9 Å². The lowest BCUT2D eigenvalue weighted by Gasteiger charge is -2.25. The van der Waals surface area contributed by atoms with Gasteiger partial charge in [0.25, 0.3) is 0 Å². The summed E-state index contributed by atoms with van der Waals surface area (Å²) in [5.74, 6) is -0.852. The Kier molecular flexibility index (Phi) is 8.79. The van der Waals surface area contributed by atoms with Crippen LogP contribution in [0.25, 0.3) is 0 Å². The third kappa shape index (κ3) is 7.88. The molecule has 0 bridgehead atoms. The van der Waals surface area contributed by atoms with Gasteiger partial charge in [-0.1, -0.05) is 45.6 Å². The van der Waals surface area contributed by atoms with Gasteiger partial charge in [-0.25, -0.2) is 4.79 Å². The Hall–Kier alpha value is -1.32. The predicted molar refractivity (Wildman–Crippen MR) is 81.8 cm³/mol. The van der Waals surface area contributed by atoms with Crippen molar-refractivity contribution in [1.29, 1.82) is 0 Å². The largest absolute Gasteiger partial charge is 0.465 e. The standard InChI is InChI=1S/C17H28O4/c1-3-4-5-6-7-8-12-20-16(18)13-14(2)17(19)21-15-10-9-11-15/h15H,2-13H2,1H3. The summed E-state index contributed by atoms with van der Waals surface area (Å²) in [6, 6.07) is 0. The second-order valence-corrected chi connectivity index (χ2v) is 5.73. The van der Waals surface area contributed by atoms with Crippen LogP contribution in [0.2, 0.25) is 0 Å². The molecule has 0 atom stereocenters. The quantitative estimate of drug-likeness (QED) is 0.329. The van der Waals surface area contributed by atoms with Gasteiger partial charge in [-0.3, -0.25) is 4.79 Å². The van der Waals surface area contributed by atoms with E-state index in [0.717, 1.165) is 32.1 Å². The van der Waals surface area contributed by atoms with Crippen LogP contribution in [0.4, 0.5) is 0 Å². The molecule has 0 heterocycles.